The lowest BCUT2D eigenvalue weighted by molar-refractivity contribution is 0.0706. The van der Waals surface area contributed by atoms with Gasteiger partial charge in [0.1, 0.15) is 0 Å². The van der Waals surface area contributed by atoms with Gasteiger partial charge in [-0.1, -0.05) is 19.1 Å². The lowest BCUT2D eigenvalue weighted by Crippen LogP contribution is -2.29. The summed E-state index contributed by atoms with van der Waals surface area (Å²) in [5.74, 6) is -0.520. The molecule has 1 rings (SSSR count). The minimum Gasteiger partial charge on any atom is -0.288 e. The van der Waals surface area contributed by atoms with Crippen molar-refractivity contribution in [1.82, 2.24) is 10.2 Å². The van der Waals surface area contributed by atoms with E-state index in [9.17, 15) is 13.2 Å². The van der Waals surface area contributed by atoms with Crippen molar-refractivity contribution in [3.63, 3.8) is 0 Å². The lowest BCUT2D eigenvalue weighted by atomic mass is 10.1. The topological polar surface area (TPSA) is 95.5 Å². The van der Waals surface area contributed by atoms with Gasteiger partial charge < -0.3 is 0 Å². The van der Waals surface area contributed by atoms with Gasteiger partial charge in [-0.15, -0.1) is 0 Å². The molecular formula is C12H18N2O4S. The number of carbonyl (C=O) groups is 1. The maximum Gasteiger partial charge on any atom is 0.274 e. The number of hydrogen-bond acceptors (Lipinski definition) is 4. The predicted molar refractivity (Wildman–Crippen MR) is 71.3 cm³/mol. The Hall–Kier alpha value is -1.44. The van der Waals surface area contributed by atoms with Crippen LogP contribution >= 0.6 is 0 Å². The van der Waals surface area contributed by atoms with E-state index in [1.165, 1.54) is 17.6 Å². The normalized spacial score (nSPS) is 13.0. The molecule has 0 aliphatic heterocycles. The standard InChI is InChI=1S/C12H18N2O4S/c1-3-8-19(17,18)14-9(2)10-4-6-11(7-5-10)12(15)13-16/h4-7,9,14,16H,3,8H2,1-2H3,(H,13,15). The Morgan fingerprint density at radius 2 is 1.89 bits per heavy atom. The second-order valence-electron chi connectivity index (χ2n) is 4.22. The monoisotopic (exact) mass is 286 g/mol. The van der Waals surface area contributed by atoms with E-state index in [2.05, 4.69) is 4.72 Å². The summed E-state index contributed by atoms with van der Waals surface area (Å²) >= 11 is 0. The third-order valence-corrected chi connectivity index (χ3v) is 4.26. The molecule has 0 aliphatic carbocycles. The Labute approximate surface area is 112 Å². The number of sulfonamides is 1. The number of hydroxylamine groups is 1. The van der Waals surface area contributed by atoms with Crippen molar-refractivity contribution in [2.45, 2.75) is 26.3 Å². The molecule has 6 nitrogen and oxygen atoms in total. The van der Waals surface area contributed by atoms with Crippen LogP contribution in [0.3, 0.4) is 0 Å². The summed E-state index contributed by atoms with van der Waals surface area (Å²) in [7, 11) is -3.28. The molecular weight excluding hydrogens is 268 g/mol. The predicted octanol–water partition coefficient (Wildman–Crippen LogP) is 1.20. The Morgan fingerprint density at radius 3 is 2.37 bits per heavy atom. The van der Waals surface area contributed by atoms with Gasteiger partial charge in [0.15, 0.2) is 0 Å². The molecule has 0 radical (unpaired) electrons. The molecule has 0 aromatic heterocycles. The molecule has 0 aliphatic rings. The number of nitrogens with one attached hydrogen (secondary N) is 2. The molecule has 1 atom stereocenters. The fourth-order valence-corrected chi connectivity index (χ4v) is 2.98. The van der Waals surface area contributed by atoms with E-state index in [0.29, 0.717) is 12.0 Å². The van der Waals surface area contributed by atoms with E-state index < -0.39 is 15.9 Å². The first-order valence-electron chi connectivity index (χ1n) is 5.94. The summed E-state index contributed by atoms with van der Waals surface area (Å²) in [5, 5.41) is 8.49. The molecule has 0 fully saturated rings. The molecule has 19 heavy (non-hydrogen) atoms. The van der Waals surface area contributed by atoms with Crippen molar-refractivity contribution in [1.29, 1.82) is 0 Å². The second-order valence-corrected chi connectivity index (χ2v) is 6.09. The molecule has 0 saturated heterocycles. The third-order valence-electron chi connectivity index (χ3n) is 2.60. The minimum absolute atomic E-state index is 0.0857. The van der Waals surface area contributed by atoms with Crippen LogP contribution in [-0.4, -0.2) is 25.3 Å². The van der Waals surface area contributed by atoms with Gasteiger partial charge in [0.25, 0.3) is 5.91 Å². The van der Waals surface area contributed by atoms with Crippen LogP contribution < -0.4 is 10.2 Å². The summed E-state index contributed by atoms with van der Waals surface area (Å²) in [4.78, 5) is 11.1. The minimum atomic E-state index is -3.28. The van der Waals surface area contributed by atoms with Crippen LogP contribution in [0.2, 0.25) is 0 Å². The molecule has 0 saturated carbocycles. The summed E-state index contributed by atoms with van der Waals surface area (Å²) in [6.45, 7) is 3.53. The first kappa shape index (κ1) is 15.6. The largest absolute Gasteiger partial charge is 0.288 e. The van der Waals surface area contributed by atoms with Gasteiger partial charge in [0.2, 0.25) is 10.0 Å². The molecule has 1 unspecified atom stereocenters. The molecule has 106 valence electrons. The Morgan fingerprint density at radius 1 is 1.32 bits per heavy atom. The fourth-order valence-electron chi connectivity index (χ4n) is 1.65. The van der Waals surface area contributed by atoms with Crippen LogP contribution in [0.5, 0.6) is 0 Å². The van der Waals surface area contributed by atoms with Crippen LogP contribution in [0.4, 0.5) is 0 Å². The highest BCUT2D eigenvalue weighted by Crippen LogP contribution is 2.14. The van der Waals surface area contributed by atoms with Crippen molar-refractivity contribution < 1.29 is 18.4 Å². The summed E-state index contributed by atoms with van der Waals surface area (Å²) in [5.41, 5.74) is 2.58. The highest BCUT2D eigenvalue weighted by atomic mass is 32.2. The number of hydrogen-bond donors (Lipinski definition) is 3. The van der Waals surface area contributed by atoms with Crippen molar-refractivity contribution in [3.05, 3.63) is 35.4 Å². The van der Waals surface area contributed by atoms with Crippen molar-refractivity contribution in [2.75, 3.05) is 5.75 Å². The average Bonchev–Trinajstić information content (AvgIpc) is 2.37. The first-order valence-corrected chi connectivity index (χ1v) is 7.59. The molecule has 1 aromatic rings. The van der Waals surface area contributed by atoms with Crippen molar-refractivity contribution in [3.8, 4) is 0 Å². The SMILES string of the molecule is CCCS(=O)(=O)NC(C)c1ccc(C(=O)NO)cc1. The molecule has 7 heteroatoms. The van der Waals surface area contributed by atoms with Crippen molar-refractivity contribution in [2.24, 2.45) is 0 Å². The molecule has 0 bridgehead atoms. The zero-order valence-corrected chi connectivity index (χ0v) is 11.7. The number of rotatable bonds is 6. The average molecular weight is 286 g/mol. The Bertz CT molecular complexity index is 525. The van der Waals surface area contributed by atoms with E-state index in [1.807, 2.05) is 0 Å². The number of benzene rings is 1. The molecule has 3 N–H and O–H groups in total. The van der Waals surface area contributed by atoms with Crippen LogP contribution in [0.15, 0.2) is 24.3 Å². The van der Waals surface area contributed by atoms with Gasteiger partial charge in [-0.05, 0) is 31.0 Å². The van der Waals surface area contributed by atoms with Gasteiger partial charge in [-0.3, -0.25) is 10.0 Å². The first-order chi connectivity index (χ1) is 8.89. The zero-order valence-electron chi connectivity index (χ0n) is 10.9. The van der Waals surface area contributed by atoms with E-state index in [4.69, 9.17) is 5.21 Å². The van der Waals surface area contributed by atoms with Crippen LogP contribution in [-0.2, 0) is 10.0 Å². The van der Waals surface area contributed by atoms with Gasteiger partial charge in [0, 0.05) is 11.6 Å². The second kappa shape index (κ2) is 6.65. The highest BCUT2D eigenvalue weighted by molar-refractivity contribution is 7.89. The molecule has 1 aromatic carbocycles. The summed E-state index contributed by atoms with van der Waals surface area (Å²) < 4.78 is 25.8. The maximum absolute atomic E-state index is 11.6. The summed E-state index contributed by atoms with van der Waals surface area (Å²) in [6.07, 6.45) is 0.553. The molecule has 0 heterocycles. The highest BCUT2D eigenvalue weighted by Gasteiger charge is 2.15. The van der Waals surface area contributed by atoms with E-state index in [1.54, 1.807) is 26.0 Å². The number of amides is 1. The van der Waals surface area contributed by atoms with E-state index >= 15 is 0 Å². The summed E-state index contributed by atoms with van der Waals surface area (Å²) in [6, 6.07) is 5.95. The van der Waals surface area contributed by atoms with Crippen LogP contribution in [0, 0.1) is 0 Å². The zero-order chi connectivity index (χ0) is 14.5. The Balaban J connectivity index is 2.78. The smallest absolute Gasteiger partial charge is 0.274 e. The van der Waals surface area contributed by atoms with Gasteiger partial charge in [0.05, 0.1) is 5.75 Å². The third kappa shape index (κ3) is 4.62. The Kier molecular flexibility index (Phi) is 5.46. The molecule has 0 spiro atoms. The van der Waals surface area contributed by atoms with E-state index in [0.717, 1.165) is 5.56 Å². The van der Waals surface area contributed by atoms with E-state index in [-0.39, 0.29) is 11.8 Å². The van der Waals surface area contributed by atoms with Crippen LogP contribution in [0.1, 0.15) is 42.2 Å². The molecule has 1 amide bonds. The van der Waals surface area contributed by atoms with Gasteiger partial charge >= 0.3 is 0 Å². The van der Waals surface area contributed by atoms with Gasteiger partial charge in [-0.2, -0.15) is 0 Å². The quantitative estimate of drug-likeness (QED) is 0.541. The van der Waals surface area contributed by atoms with Crippen LogP contribution in [0.25, 0.3) is 0 Å². The number of carbonyl (C=O) groups excluding carboxylic acids is 1. The van der Waals surface area contributed by atoms with Gasteiger partial charge in [-0.25, -0.2) is 18.6 Å². The fraction of sp³-hybridized carbons (Fsp3) is 0.417. The lowest BCUT2D eigenvalue weighted by Gasteiger charge is -2.14. The van der Waals surface area contributed by atoms with Crippen molar-refractivity contribution >= 4 is 15.9 Å². The maximum atomic E-state index is 11.6.